The van der Waals surface area contributed by atoms with Gasteiger partial charge in [0.25, 0.3) is 0 Å². The van der Waals surface area contributed by atoms with Crippen LogP contribution in [0.5, 0.6) is 0 Å². The minimum Gasteiger partial charge on any atom is -0.370 e. The zero-order chi connectivity index (χ0) is 13.5. The number of hydrogen-bond donors (Lipinski definition) is 2. The fourth-order valence-electron chi connectivity index (χ4n) is 2.45. The molecule has 0 aromatic carbocycles. The van der Waals surface area contributed by atoms with Crippen LogP contribution in [0.15, 0.2) is 20.9 Å². The van der Waals surface area contributed by atoms with Crippen molar-refractivity contribution in [3.63, 3.8) is 0 Å². The molecule has 1 aliphatic rings. The molecule has 1 saturated carbocycles. The van der Waals surface area contributed by atoms with E-state index in [-0.39, 0.29) is 0 Å². The van der Waals surface area contributed by atoms with E-state index in [1.54, 1.807) is 11.3 Å². The first-order valence-electron chi connectivity index (χ1n) is 7.05. The minimum atomic E-state index is 0.530. The SMILES string of the molecule is NC(=NCCc1ccc(Br)s1)NC1CCCCCC1. The van der Waals surface area contributed by atoms with Gasteiger partial charge in [0.15, 0.2) is 5.96 Å². The molecular formula is C14H22BrN3S. The van der Waals surface area contributed by atoms with Crippen LogP contribution >= 0.6 is 27.3 Å². The molecule has 0 unspecified atom stereocenters. The monoisotopic (exact) mass is 343 g/mol. The maximum absolute atomic E-state index is 5.96. The number of hydrogen-bond acceptors (Lipinski definition) is 2. The minimum absolute atomic E-state index is 0.530. The Morgan fingerprint density at radius 1 is 1.32 bits per heavy atom. The average Bonchev–Trinajstić information content (AvgIpc) is 2.63. The van der Waals surface area contributed by atoms with Crippen LogP contribution in [0.4, 0.5) is 0 Å². The number of nitrogens with two attached hydrogens (primary N) is 1. The summed E-state index contributed by atoms with van der Waals surface area (Å²) < 4.78 is 1.18. The van der Waals surface area contributed by atoms with Crippen molar-refractivity contribution in [3.8, 4) is 0 Å². The Labute approximate surface area is 127 Å². The van der Waals surface area contributed by atoms with Crippen molar-refractivity contribution in [1.82, 2.24) is 5.32 Å². The molecule has 0 amide bonds. The van der Waals surface area contributed by atoms with Crippen LogP contribution in [-0.4, -0.2) is 18.5 Å². The molecule has 1 aliphatic carbocycles. The zero-order valence-electron chi connectivity index (χ0n) is 11.2. The maximum Gasteiger partial charge on any atom is 0.188 e. The van der Waals surface area contributed by atoms with Gasteiger partial charge in [-0.3, -0.25) is 4.99 Å². The van der Waals surface area contributed by atoms with Crippen molar-refractivity contribution in [2.24, 2.45) is 10.7 Å². The zero-order valence-corrected chi connectivity index (χ0v) is 13.6. The predicted octanol–water partition coefficient (Wildman–Crippen LogP) is 3.68. The highest BCUT2D eigenvalue weighted by atomic mass is 79.9. The summed E-state index contributed by atoms with van der Waals surface area (Å²) in [5.41, 5.74) is 5.96. The highest BCUT2D eigenvalue weighted by Gasteiger charge is 2.12. The van der Waals surface area contributed by atoms with Gasteiger partial charge in [0.1, 0.15) is 0 Å². The topological polar surface area (TPSA) is 50.4 Å². The molecule has 3 nitrogen and oxygen atoms in total. The van der Waals surface area contributed by atoms with Gasteiger partial charge in [-0.2, -0.15) is 0 Å². The summed E-state index contributed by atoms with van der Waals surface area (Å²) in [6.45, 7) is 0.762. The highest BCUT2D eigenvalue weighted by molar-refractivity contribution is 9.11. The molecule has 0 spiro atoms. The summed E-state index contributed by atoms with van der Waals surface area (Å²) >= 11 is 5.24. The lowest BCUT2D eigenvalue weighted by molar-refractivity contribution is 0.530. The van der Waals surface area contributed by atoms with E-state index in [1.807, 2.05) is 0 Å². The van der Waals surface area contributed by atoms with Crippen molar-refractivity contribution in [3.05, 3.63) is 20.8 Å². The Bertz CT molecular complexity index is 409. The van der Waals surface area contributed by atoms with Gasteiger partial charge in [-0.05, 0) is 40.9 Å². The maximum atomic E-state index is 5.96. The molecule has 0 aliphatic heterocycles. The average molecular weight is 344 g/mol. The van der Waals surface area contributed by atoms with E-state index in [4.69, 9.17) is 5.73 Å². The summed E-state index contributed by atoms with van der Waals surface area (Å²) in [6.07, 6.45) is 8.78. The lowest BCUT2D eigenvalue weighted by atomic mass is 10.1. The lowest BCUT2D eigenvalue weighted by Crippen LogP contribution is -2.39. The molecule has 5 heteroatoms. The predicted molar refractivity (Wildman–Crippen MR) is 86.8 cm³/mol. The second-order valence-electron chi connectivity index (χ2n) is 5.06. The number of nitrogens with zero attached hydrogens (tertiary/aromatic N) is 1. The lowest BCUT2D eigenvalue weighted by Gasteiger charge is -2.16. The number of halogens is 1. The molecule has 1 fully saturated rings. The molecule has 3 N–H and O–H groups in total. The summed E-state index contributed by atoms with van der Waals surface area (Å²) in [7, 11) is 0. The molecule has 0 atom stereocenters. The molecule has 1 aromatic rings. The fraction of sp³-hybridized carbons (Fsp3) is 0.643. The van der Waals surface area contributed by atoms with E-state index in [0.717, 1.165) is 13.0 Å². The third kappa shape index (κ3) is 5.53. The molecule has 1 heterocycles. The van der Waals surface area contributed by atoms with Crippen molar-refractivity contribution in [1.29, 1.82) is 0 Å². The van der Waals surface area contributed by atoms with Crippen LogP contribution in [0.25, 0.3) is 0 Å². The van der Waals surface area contributed by atoms with Gasteiger partial charge < -0.3 is 11.1 Å². The third-order valence-corrected chi connectivity index (χ3v) is 5.16. The standard InChI is InChI=1S/C14H22BrN3S/c15-13-8-7-12(19-13)9-10-17-14(16)18-11-5-3-1-2-4-6-11/h7-8,11H,1-6,9-10H2,(H3,16,17,18). The van der Waals surface area contributed by atoms with Crippen LogP contribution in [-0.2, 0) is 6.42 Å². The smallest absolute Gasteiger partial charge is 0.188 e. The number of guanidine groups is 1. The van der Waals surface area contributed by atoms with E-state index in [9.17, 15) is 0 Å². The Kier molecular flexibility index (Phi) is 6.17. The van der Waals surface area contributed by atoms with E-state index in [2.05, 4.69) is 38.4 Å². The molecule has 1 aromatic heterocycles. The Hall–Kier alpha value is -0.550. The summed E-state index contributed by atoms with van der Waals surface area (Å²) in [4.78, 5) is 5.77. The summed E-state index contributed by atoms with van der Waals surface area (Å²) in [5.74, 6) is 0.613. The van der Waals surface area contributed by atoms with Gasteiger partial charge in [-0.15, -0.1) is 11.3 Å². The van der Waals surface area contributed by atoms with Gasteiger partial charge in [-0.25, -0.2) is 0 Å². The van der Waals surface area contributed by atoms with Crippen LogP contribution < -0.4 is 11.1 Å². The molecule has 2 rings (SSSR count). The second kappa shape index (κ2) is 7.90. The molecule has 0 bridgehead atoms. The van der Waals surface area contributed by atoms with Gasteiger partial charge in [0.2, 0.25) is 0 Å². The van der Waals surface area contributed by atoms with E-state index < -0.39 is 0 Å². The molecular weight excluding hydrogens is 322 g/mol. The van der Waals surface area contributed by atoms with E-state index in [0.29, 0.717) is 12.0 Å². The van der Waals surface area contributed by atoms with E-state index in [1.165, 1.54) is 47.2 Å². The van der Waals surface area contributed by atoms with Crippen molar-refractivity contribution >= 4 is 33.2 Å². The fourth-order valence-corrected chi connectivity index (χ4v) is 3.92. The van der Waals surface area contributed by atoms with Crippen molar-refractivity contribution < 1.29 is 0 Å². The Morgan fingerprint density at radius 2 is 2.05 bits per heavy atom. The normalized spacial score (nSPS) is 18.3. The first-order chi connectivity index (χ1) is 9.24. The van der Waals surface area contributed by atoms with Gasteiger partial charge in [-0.1, -0.05) is 25.7 Å². The number of aliphatic imine (C=N–C) groups is 1. The number of thiophene rings is 1. The summed E-state index contributed by atoms with van der Waals surface area (Å²) in [5, 5.41) is 3.37. The summed E-state index contributed by atoms with van der Waals surface area (Å²) in [6, 6.07) is 4.75. The van der Waals surface area contributed by atoms with E-state index >= 15 is 0 Å². The Balaban J connectivity index is 1.72. The molecule has 0 saturated heterocycles. The van der Waals surface area contributed by atoms with Crippen molar-refractivity contribution in [2.45, 2.75) is 51.0 Å². The number of nitrogens with one attached hydrogen (secondary N) is 1. The first kappa shape index (κ1) is 14.9. The third-order valence-electron chi connectivity index (χ3n) is 3.48. The van der Waals surface area contributed by atoms with Crippen LogP contribution in [0, 0.1) is 0 Å². The molecule has 19 heavy (non-hydrogen) atoms. The van der Waals surface area contributed by atoms with Gasteiger partial charge in [0, 0.05) is 23.9 Å². The highest BCUT2D eigenvalue weighted by Crippen LogP contribution is 2.22. The van der Waals surface area contributed by atoms with Crippen LogP contribution in [0.1, 0.15) is 43.4 Å². The first-order valence-corrected chi connectivity index (χ1v) is 8.65. The second-order valence-corrected chi connectivity index (χ2v) is 7.60. The largest absolute Gasteiger partial charge is 0.370 e. The van der Waals surface area contributed by atoms with Gasteiger partial charge in [0.05, 0.1) is 3.79 Å². The van der Waals surface area contributed by atoms with Crippen LogP contribution in [0.2, 0.25) is 0 Å². The van der Waals surface area contributed by atoms with Crippen molar-refractivity contribution in [2.75, 3.05) is 6.54 Å². The molecule has 106 valence electrons. The molecule has 0 radical (unpaired) electrons. The van der Waals surface area contributed by atoms with Gasteiger partial charge >= 0.3 is 0 Å². The Morgan fingerprint density at radius 3 is 2.68 bits per heavy atom. The number of rotatable bonds is 4. The van der Waals surface area contributed by atoms with Crippen LogP contribution in [0.3, 0.4) is 0 Å². The quantitative estimate of drug-likeness (QED) is 0.497.